The van der Waals surface area contributed by atoms with Crippen molar-refractivity contribution in [1.82, 2.24) is 10.4 Å². The van der Waals surface area contributed by atoms with Crippen molar-refractivity contribution in [2.75, 3.05) is 12.4 Å². The number of hydrogen-bond donors (Lipinski definition) is 2. The van der Waals surface area contributed by atoms with E-state index in [4.69, 9.17) is 21.1 Å². The summed E-state index contributed by atoms with van der Waals surface area (Å²) in [5.74, 6) is 0.558. The molecule has 7 nitrogen and oxygen atoms in total. The lowest BCUT2D eigenvalue weighted by Gasteiger charge is -2.14. The Morgan fingerprint density at radius 3 is 2.55 bits per heavy atom. The van der Waals surface area contributed by atoms with E-state index in [1.807, 2.05) is 72.1 Å². The second-order valence-corrected chi connectivity index (χ2v) is 11.0. The molecule has 2 N–H and O–H groups in total. The Labute approximate surface area is 263 Å². The van der Waals surface area contributed by atoms with Crippen LogP contribution >= 0.6 is 22.9 Å². The number of rotatable bonds is 10. The zero-order chi connectivity index (χ0) is 30.3. The molecule has 218 valence electrons. The molecule has 1 aromatic heterocycles. The zero-order valence-electron chi connectivity index (χ0n) is 23.7. The van der Waals surface area contributed by atoms with Crippen LogP contribution in [-0.2, 0) is 6.61 Å². The maximum atomic E-state index is 12.7. The van der Waals surface area contributed by atoms with Crippen molar-refractivity contribution in [3.8, 4) is 22.8 Å². The highest BCUT2D eigenvalue weighted by Crippen LogP contribution is 2.37. The standard InChI is InChI=1S/C35H27ClN4O3S/c1-42-32-19-23(18-30(36)33(32)43-21-27-10-7-9-24-8-5-6-13-29(24)27)20-37-40-34(41)26-16-14-25(15-17-26)31-22-44-35(39-31)38-28-11-3-2-4-12-28/h2-20,22H,21H2,1H3,(H,38,39)(H,40,41)/b37-20-. The van der Waals surface area contributed by atoms with Crippen LogP contribution in [0.5, 0.6) is 11.5 Å². The molecule has 9 heteroatoms. The number of halogens is 1. The number of nitrogens with one attached hydrogen (secondary N) is 2. The van der Waals surface area contributed by atoms with Crippen molar-refractivity contribution in [3.63, 3.8) is 0 Å². The second-order valence-electron chi connectivity index (χ2n) is 9.77. The van der Waals surface area contributed by atoms with Crippen molar-refractivity contribution < 1.29 is 14.3 Å². The van der Waals surface area contributed by atoms with Gasteiger partial charge in [-0.1, -0.05) is 84.4 Å². The molecule has 0 aliphatic rings. The molecule has 1 amide bonds. The summed E-state index contributed by atoms with van der Waals surface area (Å²) in [6, 6.07) is 34.8. The lowest BCUT2D eigenvalue weighted by atomic mass is 10.1. The number of benzene rings is 5. The summed E-state index contributed by atoms with van der Waals surface area (Å²) in [7, 11) is 1.55. The Bertz CT molecular complexity index is 1940. The minimum Gasteiger partial charge on any atom is -0.493 e. The molecule has 0 atom stereocenters. The molecule has 0 saturated carbocycles. The van der Waals surface area contributed by atoms with E-state index in [-0.39, 0.29) is 5.91 Å². The molecule has 0 spiro atoms. The highest BCUT2D eigenvalue weighted by molar-refractivity contribution is 7.14. The molecule has 44 heavy (non-hydrogen) atoms. The van der Waals surface area contributed by atoms with Crippen molar-refractivity contribution >= 4 is 56.7 Å². The summed E-state index contributed by atoms with van der Waals surface area (Å²) < 4.78 is 11.7. The molecular weight excluding hydrogens is 592 g/mol. The first-order chi connectivity index (χ1) is 21.6. The summed E-state index contributed by atoms with van der Waals surface area (Å²) in [6.45, 7) is 0.327. The number of nitrogens with zero attached hydrogens (tertiary/aromatic N) is 2. The van der Waals surface area contributed by atoms with Gasteiger partial charge in [0.05, 0.1) is 24.0 Å². The van der Waals surface area contributed by atoms with Crippen LogP contribution in [0.15, 0.2) is 120 Å². The van der Waals surface area contributed by atoms with E-state index in [0.29, 0.717) is 34.3 Å². The van der Waals surface area contributed by atoms with Crippen LogP contribution in [0, 0.1) is 0 Å². The monoisotopic (exact) mass is 618 g/mol. The number of thiazole rings is 1. The number of anilines is 2. The minimum atomic E-state index is -0.342. The smallest absolute Gasteiger partial charge is 0.271 e. The molecular formula is C35H27ClN4O3S. The Morgan fingerprint density at radius 2 is 1.73 bits per heavy atom. The number of carbonyl (C=O) groups is 1. The summed E-state index contributed by atoms with van der Waals surface area (Å²) in [4.78, 5) is 17.4. The highest BCUT2D eigenvalue weighted by Gasteiger charge is 2.13. The van der Waals surface area contributed by atoms with Gasteiger partial charge in [-0.3, -0.25) is 4.79 Å². The lowest BCUT2D eigenvalue weighted by Crippen LogP contribution is -2.17. The van der Waals surface area contributed by atoms with Gasteiger partial charge in [-0.2, -0.15) is 5.10 Å². The number of methoxy groups -OCH3 is 1. The molecule has 0 fully saturated rings. The van der Waals surface area contributed by atoms with Crippen LogP contribution in [0.3, 0.4) is 0 Å². The maximum Gasteiger partial charge on any atom is 0.271 e. The van der Waals surface area contributed by atoms with Gasteiger partial charge in [0.25, 0.3) is 5.91 Å². The van der Waals surface area contributed by atoms with Crippen molar-refractivity contribution in [1.29, 1.82) is 0 Å². The van der Waals surface area contributed by atoms with Gasteiger partial charge in [-0.15, -0.1) is 11.3 Å². The van der Waals surface area contributed by atoms with Crippen molar-refractivity contribution in [2.24, 2.45) is 5.10 Å². The molecule has 0 radical (unpaired) electrons. The van der Waals surface area contributed by atoms with E-state index in [0.717, 1.165) is 38.4 Å². The summed E-state index contributed by atoms with van der Waals surface area (Å²) >= 11 is 8.10. The van der Waals surface area contributed by atoms with Crippen molar-refractivity contribution in [3.05, 3.63) is 136 Å². The molecule has 0 bridgehead atoms. The molecule has 5 aromatic carbocycles. The fourth-order valence-corrected chi connectivity index (χ4v) is 5.67. The lowest BCUT2D eigenvalue weighted by molar-refractivity contribution is 0.0955. The van der Waals surface area contributed by atoms with Gasteiger partial charge >= 0.3 is 0 Å². The van der Waals surface area contributed by atoms with Gasteiger partial charge < -0.3 is 14.8 Å². The first kappa shape index (κ1) is 28.9. The van der Waals surface area contributed by atoms with Crippen molar-refractivity contribution in [2.45, 2.75) is 6.61 Å². The Hall–Kier alpha value is -5.18. The highest BCUT2D eigenvalue weighted by atomic mass is 35.5. The van der Waals surface area contributed by atoms with Gasteiger partial charge in [0.1, 0.15) is 6.61 Å². The van der Waals surface area contributed by atoms with Gasteiger partial charge in [0.15, 0.2) is 16.6 Å². The summed E-state index contributed by atoms with van der Waals surface area (Å²) in [5.41, 5.74) is 7.43. The number of para-hydroxylation sites is 1. The molecule has 0 aliphatic carbocycles. The van der Waals surface area contributed by atoms with Crippen LogP contribution in [0.25, 0.3) is 22.0 Å². The molecule has 6 rings (SSSR count). The fraction of sp³-hybridized carbons (Fsp3) is 0.0571. The summed E-state index contributed by atoms with van der Waals surface area (Å²) in [6.07, 6.45) is 1.51. The molecule has 6 aromatic rings. The van der Waals surface area contributed by atoms with E-state index in [1.165, 1.54) is 17.6 Å². The number of ether oxygens (including phenoxy) is 2. The molecule has 1 heterocycles. The molecule has 0 saturated heterocycles. The largest absolute Gasteiger partial charge is 0.493 e. The number of carbonyl (C=O) groups excluding carboxylic acids is 1. The average Bonchev–Trinajstić information content (AvgIpc) is 3.53. The van der Waals surface area contributed by atoms with E-state index in [1.54, 1.807) is 31.4 Å². The van der Waals surface area contributed by atoms with Gasteiger partial charge in [0, 0.05) is 22.2 Å². The second kappa shape index (κ2) is 13.4. The third-order valence-corrected chi connectivity index (χ3v) is 7.89. The molecule has 0 aliphatic heterocycles. The quantitative estimate of drug-likeness (QED) is 0.118. The number of hydrazone groups is 1. The van der Waals surface area contributed by atoms with E-state index in [9.17, 15) is 4.79 Å². The topological polar surface area (TPSA) is 84.8 Å². The van der Waals surface area contributed by atoms with Crippen LogP contribution in [0.4, 0.5) is 10.8 Å². The Kier molecular flexibility index (Phi) is 8.82. The Morgan fingerprint density at radius 1 is 0.955 bits per heavy atom. The van der Waals surface area contributed by atoms with Gasteiger partial charge in [0.2, 0.25) is 0 Å². The average molecular weight is 619 g/mol. The fourth-order valence-electron chi connectivity index (χ4n) is 4.65. The van der Waals surface area contributed by atoms with Crippen LogP contribution in [0.1, 0.15) is 21.5 Å². The first-order valence-corrected chi connectivity index (χ1v) is 15.0. The third kappa shape index (κ3) is 6.72. The SMILES string of the molecule is COc1cc(/C=N\NC(=O)c2ccc(-c3csc(Nc4ccccc4)n3)cc2)cc(Cl)c1OCc1cccc2ccccc12. The number of amides is 1. The minimum absolute atomic E-state index is 0.327. The predicted octanol–water partition coefficient (Wildman–Crippen LogP) is 8.71. The number of fused-ring (bicyclic) bond motifs is 1. The normalized spacial score (nSPS) is 11.0. The van der Waals surface area contributed by atoms with E-state index in [2.05, 4.69) is 39.0 Å². The van der Waals surface area contributed by atoms with Gasteiger partial charge in [-0.05, 0) is 58.3 Å². The maximum absolute atomic E-state index is 12.7. The third-order valence-electron chi connectivity index (χ3n) is 6.86. The predicted molar refractivity (Wildman–Crippen MR) is 179 cm³/mol. The van der Waals surface area contributed by atoms with E-state index >= 15 is 0 Å². The van der Waals surface area contributed by atoms with Crippen LogP contribution < -0.4 is 20.2 Å². The molecule has 0 unspecified atom stereocenters. The van der Waals surface area contributed by atoms with Crippen LogP contribution in [-0.4, -0.2) is 24.2 Å². The number of hydrogen-bond acceptors (Lipinski definition) is 7. The van der Waals surface area contributed by atoms with E-state index < -0.39 is 0 Å². The summed E-state index contributed by atoms with van der Waals surface area (Å²) in [5, 5.41) is 12.8. The van der Waals surface area contributed by atoms with Gasteiger partial charge in [-0.25, -0.2) is 10.4 Å². The van der Waals surface area contributed by atoms with Crippen LogP contribution in [0.2, 0.25) is 5.02 Å². The Balaban J connectivity index is 1.07. The first-order valence-electron chi connectivity index (χ1n) is 13.8. The zero-order valence-corrected chi connectivity index (χ0v) is 25.2. The number of aromatic nitrogens is 1.